The fraction of sp³-hybridized carbons (Fsp3) is 0.333. The fourth-order valence-corrected chi connectivity index (χ4v) is 4.83. The number of amides is 2. The Balaban J connectivity index is 1.45. The molecule has 0 atom stereocenters. The highest BCUT2D eigenvalue weighted by Gasteiger charge is 2.30. The highest BCUT2D eigenvalue weighted by atomic mass is 32.2. The minimum Gasteiger partial charge on any atom is -0.337 e. The van der Waals surface area contributed by atoms with Crippen LogP contribution in [0.15, 0.2) is 41.0 Å². The average Bonchev–Trinajstić information content (AvgIpc) is 3.39. The number of benzene rings is 1. The number of nitrogens with one attached hydrogen (secondary N) is 1. The topological polar surface area (TPSA) is 80.1 Å². The highest BCUT2D eigenvalue weighted by molar-refractivity contribution is 7.98. The second-order valence-corrected chi connectivity index (χ2v) is 8.92. The van der Waals surface area contributed by atoms with Gasteiger partial charge >= 0.3 is 0 Å². The van der Waals surface area contributed by atoms with E-state index in [1.165, 1.54) is 35.2 Å². The molecule has 3 heterocycles. The van der Waals surface area contributed by atoms with Gasteiger partial charge in [-0.25, -0.2) is 14.4 Å². The molecule has 1 saturated heterocycles. The van der Waals surface area contributed by atoms with Crippen LogP contribution in [0.25, 0.3) is 5.69 Å². The first-order valence-electron chi connectivity index (χ1n) is 9.86. The molecule has 10 heteroatoms. The van der Waals surface area contributed by atoms with Gasteiger partial charge in [0.25, 0.3) is 5.91 Å². The lowest BCUT2D eigenvalue weighted by Gasteiger charge is -2.31. The first-order chi connectivity index (χ1) is 15.0. The van der Waals surface area contributed by atoms with Crippen LogP contribution in [0.3, 0.4) is 0 Å². The number of thioether (sulfide) groups is 1. The largest absolute Gasteiger partial charge is 0.337 e. The molecule has 3 aromatic rings. The Kier molecular flexibility index (Phi) is 6.38. The van der Waals surface area contributed by atoms with Crippen LogP contribution in [0.4, 0.5) is 9.52 Å². The lowest BCUT2D eigenvalue weighted by Crippen LogP contribution is -2.42. The molecule has 0 saturated carbocycles. The summed E-state index contributed by atoms with van der Waals surface area (Å²) in [6.07, 6.45) is 4.61. The predicted molar refractivity (Wildman–Crippen MR) is 119 cm³/mol. The molecule has 162 valence electrons. The number of hydrogen-bond acceptors (Lipinski definition) is 6. The number of aromatic nitrogens is 3. The molecule has 1 N–H and O–H groups in total. The minimum atomic E-state index is -0.337. The summed E-state index contributed by atoms with van der Waals surface area (Å²) in [6.45, 7) is 2.85. The number of imidazole rings is 1. The van der Waals surface area contributed by atoms with Crippen molar-refractivity contribution in [3.63, 3.8) is 0 Å². The van der Waals surface area contributed by atoms with Gasteiger partial charge in [-0.15, -0.1) is 11.3 Å². The van der Waals surface area contributed by atoms with Gasteiger partial charge in [-0.3, -0.25) is 14.2 Å². The Labute approximate surface area is 187 Å². The van der Waals surface area contributed by atoms with Crippen LogP contribution >= 0.6 is 23.1 Å². The van der Waals surface area contributed by atoms with E-state index in [9.17, 15) is 14.0 Å². The maximum atomic E-state index is 13.4. The van der Waals surface area contributed by atoms with Gasteiger partial charge in [-0.05, 0) is 50.3 Å². The van der Waals surface area contributed by atoms with Gasteiger partial charge in [-0.1, -0.05) is 11.8 Å². The third-order valence-corrected chi connectivity index (χ3v) is 6.75. The zero-order valence-electron chi connectivity index (χ0n) is 17.2. The monoisotopic (exact) mass is 459 g/mol. The van der Waals surface area contributed by atoms with Crippen LogP contribution in [0, 0.1) is 18.7 Å². The van der Waals surface area contributed by atoms with Crippen molar-refractivity contribution < 1.29 is 14.0 Å². The molecule has 31 heavy (non-hydrogen) atoms. The zero-order chi connectivity index (χ0) is 22.0. The van der Waals surface area contributed by atoms with Crippen molar-refractivity contribution in [3.8, 4) is 5.69 Å². The summed E-state index contributed by atoms with van der Waals surface area (Å²) in [5, 5.41) is 6.03. The molecule has 1 aromatic carbocycles. The Bertz CT molecular complexity index is 1090. The van der Waals surface area contributed by atoms with E-state index in [1.54, 1.807) is 27.8 Å². The van der Waals surface area contributed by atoms with Gasteiger partial charge in [0.15, 0.2) is 10.3 Å². The summed E-state index contributed by atoms with van der Waals surface area (Å²) >= 11 is 2.82. The van der Waals surface area contributed by atoms with Crippen molar-refractivity contribution in [2.75, 3.05) is 24.7 Å². The molecule has 0 bridgehead atoms. The summed E-state index contributed by atoms with van der Waals surface area (Å²) in [6, 6.07) is 5.98. The SMILES string of the molecule is CSc1ncc(C(=O)N2CCC(C(=O)Nc3nc(C)cs3)CC2)n1-c1ccc(F)cc1. The van der Waals surface area contributed by atoms with Gasteiger partial charge in [0.05, 0.1) is 11.9 Å². The fourth-order valence-electron chi connectivity index (χ4n) is 3.60. The van der Waals surface area contributed by atoms with Crippen LogP contribution in [-0.4, -0.2) is 50.6 Å². The van der Waals surface area contributed by atoms with Crippen molar-refractivity contribution >= 4 is 40.0 Å². The summed E-state index contributed by atoms with van der Waals surface area (Å²) in [7, 11) is 0. The molecule has 2 aromatic heterocycles. The quantitative estimate of drug-likeness (QED) is 0.584. The molecule has 1 fully saturated rings. The molecule has 2 amide bonds. The van der Waals surface area contributed by atoms with E-state index in [1.807, 2.05) is 18.6 Å². The Morgan fingerprint density at radius 1 is 1.23 bits per heavy atom. The zero-order valence-corrected chi connectivity index (χ0v) is 18.8. The van der Waals surface area contributed by atoms with E-state index in [0.717, 1.165) is 5.69 Å². The number of carbonyl (C=O) groups is 2. The van der Waals surface area contributed by atoms with Crippen LogP contribution in [0.2, 0.25) is 0 Å². The van der Waals surface area contributed by atoms with E-state index in [-0.39, 0.29) is 23.5 Å². The number of nitrogens with zero attached hydrogens (tertiary/aromatic N) is 4. The number of hydrogen-bond donors (Lipinski definition) is 1. The molecular formula is C21H22FN5O2S2. The van der Waals surface area contributed by atoms with E-state index < -0.39 is 0 Å². The molecular weight excluding hydrogens is 437 g/mol. The third-order valence-electron chi connectivity index (χ3n) is 5.22. The van der Waals surface area contributed by atoms with Gasteiger partial charge in [0, 0.05) is 30.1 Å². The molecule has 1 aliphatic rings. The summed E-state index contributed by atoms with van der Waals surface area (Å²) in [5.74, 6) is -0.693. The first-order valence-corrected chi connectivity index (χ1v) is 12.0. The number of aryl methyl sites for hydroxylation is 1. The predicted octanol–water partition coefficient (Wildman–Crippen LogP) is 3.99. The van der Waals surface area contributed by atoms with Crippen molar-refractivity contribution in [3.05, 3.63) is 53.0 Å². The van der Waals surface area contributed by atoms with Crippen molar-refractivity contribution in [2.45, 2.75) is 24.9 Å². The van der Waals surface area contributed by atoms with Crippen molar-refractivity contribution in [1.82, 2.24) is 19.4 Å². The molecule has 1 aliphatic heterocycles. The van der Waals surface area contributed by atoms with Crippen LogP contribution < -0.4 is 5.32 Å². The van der Waals surface area contributed by atoms with Crippen molar-refractivity contribution in [1.29, 1.82) is 0 Å². The Hall–Kier alpha value is -2.72. The summed E-state index contributed by atoms with van der Waals surface area (Å²) < 4.78 is 15.1. The lowest BCUT2D eigenvalue weighted by atomic mass is 9.96. The number of likely N-dealkylation sites (tertiary alicyclic amines) is 1. The van der Waals surface area contributed by atoms with Gasteiger partial charge in [0.2, 0.25) is 5.91 Å². The number of rotatable bonds is 5. The average molecular weight is 460 g/mol. The highest BCUT2D eigenvalue weighted by Crippen LogP contribution is 2.26. The van der Waals surface area contributed by atoms with E-state index >= 15 is 0 Å². The molecule has 4 rings (SSSR count). The van der Waals surface area contributed by atoms with E-state index in [2.05, 4.69) is 15.3 Å². The Morgan fingerprint density at radius 3 is 2.55 bits per heavy atom. The minimum absolute atomic E-state index is 0.0533. The Morgan fingerprint density at radius 2 is 1.94 bits per heavy atom. The third kappa shape index (κ3) is 4.64. The molecule has 0 unspecified atom stereocenters. The second-order valence-electron chi connectivity index (χ2n) is 7.29. The smallest absolute Gasteiger partial charge is 0.272 e. The lowest BCUT2D eigenvalue weighted by molar-refractivity contribution is -0.121. The maximum Gasteiger partial charge on any atom is 0.272 e. The van der Waals surface area contributed by atoms with Gasteiger partial charge in [-0.2, -0.15) is 0 Å². The number of anilines is 1. The van der Waals surface area contributed by atoms with Crippen molar-refractivity contribution in [2.24, 2.45) is 5.92 Å². The summed E-state index contributed by atoms with van der Waals surface area (Å²) in [4.78, 5) is 36.1. The van der Waals surface area contributed by atoms with Crippen LogP contribution in [0.5, 0.6) is 0 Å². The standard InChI is InChI=1S/C21H22FN5O2S2/c1-13-12-31-20(24-13)25-18(28)14-7-9-26(10-8-14)19(29)17-11-23-21(30-2)27(17)16-5-3-15(22)4-6-16/h3-6,11-12,14H,7-10H2,1-2H3,(H,24,25,28). The first kappa shape index (κ1) is 21.5. The molecule has 7 nitrogen and oxygen atoms in total. The second kappa shape index (κ2) is 9.19. The van der Waals surface area contributed by atoms with Gasteiger partial charge < -0.3 is 10.2 Å². The van der Waals surface area contributed by atoms with Crippen LogP contribution in [-0.2, 0) is 4.79 Å². The maximum absolute atomic E-state index is 13.4. The normalized spacial score (nSPS) is 14.6. The van der Waals surface area contributed by atoms with Crippen LogP contribution in [0.1, 0.15) is 29.0 Å². The van der Waals surface area contributed by atoms with E-state index in [0.29, 0.717) is 47.6 Å². The van der Waals surface area contributed by atoms with Gasteiger partial charge in [0.1, 0.15) is 11.5 Å². The number of carbonyl (C=O) groups excluding carboxylic acids is 2. The number of piperidine rings is 1. The molecule has 0 spiro atoms. The molecule has 0 aliphatic carbocycles. The number of thiazole rings is 1. The summed E-state index contributed by atoms with van der Waals surface area (Å²) in [5.41, 5.74) is 1.99. The number of halogens is 1. The van der Waals surface area contributed by atoms with E-state index in [4.69, 9.17) is 0 Å². The molecule has 0 radical (unpaired) electrons.